The Morgan fingerprint density at radius 3 is 1.80 bits per heavy atom. The summed E-state index contributed by atoms with van der Waals surface area (Å²) in [5, 5.41) is 0. The molecule has 15 heavy (non-hydrogen) atoms. The summed E-state index contributed by atoms with van der Waals surface area (Å²) < 4.78 is 70.7. The Morgan fingerprint density at radius 1 is 1.00 bits per heavy atom. The normalized spacial score (nSPS) is 15.7. The van der Waals surface area contributed by atoms with E-state index >= 15 is 0 Å². The van der Waals surface area contributed by atoms with Crippen molar-refractivity contribution in [3.63, 3.8) is 0 Å². The van der Waals surface area contributed by atoms with Crippen molar-refractivity contribution in [1.29, 1.82) is 0 Å². The van der Waals surface area contributed by atoms with Gasteiger partial charge in [-0.25, -0.2) is 0 Å². The molecule has 0 unspecified atom stereocenters. The molecule has 0 aromatic carbocycles. The van der Waals surface area contributed by atoms with Crippen LogP contribution in [0.25, 0.3) is 0 Å². The van der Waals surface area contributed by atoms with Gasteiger partial charge in [-0.2, -0.15) is 26.3 Å². The van der Waals surface area contributed by atoms with Crippen LogP contribution in [0, 0.1) is 0 Å². The highest BCUT2D eigenvalue weighted by Crippen LogP contribution is 2.25. The number of halogens is 6. The Kier molecular flexibility index (Phi) is 4.42. The van der Waals surface area contributed by atoms with Crippen LogP contribution < -0.4 is 0 Å². The van der Waals surface area contributed by atoms with E-state index in [2.05, 4.69) is 0 Å². The lowest BCUT2D eigenvalue weighted by atomic mass is 10.1. The van der Waals surface area contributed by atoms with Crippen LogP contribution in [-0.2, 0) is 0 Å². The molecule has 0 amide bonds. The summed E-state index contributed by atoms with van der Waals surface area (Å²) in [4.78, 5) is 0. The SMILES string of the molecule is CC(=CC(F)(F)F)C=C(C)CC(F)(F)F. The van der Waals surface area contributed by atoms with E-state index in [4.69, 9.17) is 0 Å². The molecule has 0 rings (SSSR count). The smallest absolute Gasteiger partial charge is 0.171 e. The van der Waals surface area contributed by atoms with Gasteiger partial charge in [-0.3, -0.25) is 0 Å². The fourth-order valence-electron chi connectivity index (χ4n) is 1.06. The molecule has 6 heteroatoms. The summed E-state index contributed by atoms with van der Waals surface area (Å²) in [6.45, 7) is 2.24. The topological polar surface area (TPSA) is 0 Å². The molecule has 0 spiro atoms. The van der Waals surface area contributed by atoms with Crippen molar-refractivity contribution in [3.05, 3.63) is 23.3 Å². The van der Waals surface area contributed by atoms with Gasteiger partial charge in [0.1, 0.15) is 0 Å². The molecule has 0 atom stereocenters. The fourth-order valence-corrected chi connectivity index (χ4v) is 1.06. The van der Waals surface area contributed by atoms with Gasteiger partial charge in [-0.1, -0.05) is 11.6 Å². The first-order valence-electron chi connectivity index (χ1n) is 4.00. The second-order valence-electron chi connectivity index (χ2n) is 3.21. The molecular formula is C9H10F6. The summed E-state index contributed by atoms with van der Waals surface area (Å²) in [6.07, 6.45) is -9.25. The molecule has 0 aliphatic rings. The van der Waals surface area contributed by atoms with Crippen molar-refractivity contribution in [2.24, 2.45) is 0 Å². The first kappa shape index (κ1) is 14.1. The van der Waals surface area contributed by atoms with Gasteiger partial charge in [-0.05, 0) is 19.4 Å². The number of hydrogen-bond donors (Lipinski definition) is 0. The zero-order valence-corrected chi connectivity index (χ0v) is 8.13. The lowest BCUT2D eigenvalue weighted by Gasteiger charge is -2.06. The summed E-state index contributed by atoms with van der Waals surface area (Å²) in [5.41, 5.74) is -0.398. The average molecular weight is 232 g/mol. The number of rotatable bonds is 2. The van der Waals surface area contributed by atoms with Crippen LogP contribution in [0.15, 0.2) is 23.3 Å². The molecule has 0 aliphatic carbocycles. The van der Waals surface area contributed by atoms with Gasteiger partial charge >= 0.3 is 12.4 Å². The second-order valence-corrected chi connectivity index (χ2v) is 3.21. The molecule has 0 nitrogen and oxygen atoms in total. The Labute approximate surface area is 83.3 Å². The number of hydrogen-bond acceptors (Lipinski definition) is 0. The van der Waals surface area contributed by atoms with Crippen molar-refractivity contribution in [2.45, 2.75) is 32.6 Å². The predicted octanol–water partition coefficient (Wildman–Crippen LogP) is 4.39. The van der Waals surface area contributed by atoms with E-state index in [1.54, 1.807) is 0 Å². The predicted molar refractivity (Wildman–Crippen MR) is 44.2 cm³/mol. The minimum absolute atomic E-state index is 0.0348. The fraction of sp³-hybridized carbons (Fsp3) is 0.556. The van der Waals surface area contributed by atoms with E-state index in [-0.39, 0.29) is 17.2 Å². The maximum atomic E-state index is 11.8. The second kappa shape index (κ2) is 4.72. The maximum Gasteiger partial charge on any atom is 0.410 e. The van der Waals surface area contributed by atoms with Crippen LogP contribution in [0.2, 0.25) is 0 Å². The zero-order valence-electron chi connectivity index (χ0n) is 8.13. The quantitative estimate of drug-likeness (QED) is 0.489. The number of alkyl halides is 6. The van der Waals surface area contributed by atoms with Crippen LogP contribution in [0.1, 0.15) is 20.3 Å². The summed E-state index contributed by atoms with van der Waals surface area (Å²) in [7, 11) is 0. The van der Waals surface area contributed by atoms with Crippen LogP contribution in [-0.4, -0.2) is 12.4 Å². The van der Waals surface area contributed by atoms with Crippen molar-refractivity contribution < 1.29 is 26.3 Å². The van der Waals surface area contributed by atoms with Crippen LogP contribution in [0.4, 0.5) is 26.3 Å². The Morgan fingerprint density at radius 2 is 1.47 bits per heavy atom. The van der Waals surface area contributed by atoms with Crippen molar-refractivity contribution in [1.82, 2.24) is 0 Å². The molecule has 0 fully saturated rings. The molecule has 0 heterocycles. The molecule has 88 valence electrons. The molecular weight excluding hydrogens is 222 g/mol. The van der Waals surface area contributed by atoms with E-state index < -0.39 is 18.8 Å². The molecule has 0 aromatic rings. The van der Waals surface area contributed by atoms with Gasteiger partial charge in [0.05, 0.1) is 6.42 Å². The van der Waals surface area contributed by atoms with E-state index in [1.165, 1.54) is 0 Å². The highest BCUT2D eigenvalue weighted by atomic mass is 19.4. The molecule has 0 bridgehead atoms. The van der Waals surface area contributed by atoms with Gasteiger partial charge in [0.15, 0.2) is 0 Å². The van der Waals surface area contributed by atoms with Crippen molar-refractivity contribution in [3.8, 4) is 0 Å². The molecule has 0 radical (unpaired) electrons. The zero-order chi connectivity index (χ0) is 12.3. The van der Waals surface area contributed by atoms with Crippen molar-refractivity contribution in [2.75, 3.05) is 0 Å². The standard InChI is InChI=1S/C9H10F6/c1-6(4-8(10,11)12)3-7(2)5-9(13,14)15/h3-4H,5H2,1-2H3. The Hall–Kier alpha value is -0.940. The van der Waals surface area contributed by atoms with E-state index in [9.17, 15) is 26.3 Å². The van der Waals surface area contributed by atoms with Gasteiger partial charge in [0, 0.05) is 6.08 Å². The third kappa shape index (κ3) is 9.37. The Balaban J connectivity index is 4.57. The first-order chi connectivity index (χ1) is 6.49. The lowest BCUT2D eigenvalue weighted by Crippen LogP contribution is -2.07. The summed E-state index contributed by atoms with van der Waals surface area (Å²) in [5.74, 6) is 0. The van der Waals surface area contributed by atoms with Crippen LogP contribution in [0.3, 0.4) is 0 Å². The average Bonchev–Trinajstić information content (AvgIpc) is 1.73. The Bertz CT molecular complexity index is 265. The maximum absolute atomic E-state index is 11.8. The summed E-state index contributed by atoms with van der Waals surface area (Å²) >= 11 is 0. The minimum Gasteiger partial charge on any atom is -0.171 e. The highest BCUT2D eigenvalue weighted by molar-refractivity contribution is 5.22. The van der Waals surface area contributed by atoms with Crippen LogP contribution >= 0.6 is 0 Å². The first-order valence-corrected chi connectivity index (χ1v) is 4.00. The van der Waals surface area contributed by atoms with Crippen LogP contribution in [0.5, 0.6) is 0 Å². The van der Waals surface area contributed by atoms with E-state index in [0.717, 1.165) is 19.9 Å². The third-order valence-electron chi connectivity index (χ3n) is 1.34. The van der Waals surface area contributed by atoms with E-state index in [1.807, 2.05) is 0 Å². The van der Waals surface area contributed by atoms with Crippen molar-refractivity contribution >= 4 is 0 Å². The molecule has 0 saturated heterocycles. The molecule has 0 aliphatic heterocycles. The molecule has 0 aromatic heterocycles. The van der Waals surface area contributed by atoms with Gasteiger partial charge in [-0.15, -0.1) is 0 Å². The van der Waals surface area contributed by atoms with Gasteiger partial charge < -0.3 is 0 Å². The largest absolute Gasteiger partial charge is 0.410 e. The highest BCUT2D eigenvalue weighted by Gasteiger charge is 2.27. The minimum atomic E-state index is -4.50. The summed E-state index contributed by atoms with van der Waals surface area (Å²) in [6, 6.07) is 0. The number of allylic oxidation sites excluding steroid dienone is 4. The van der Waals surface area contributed by atoms with E-state index in [0.29, 0.717) is 0 Å². The molecule has 0 saturated carbocycles. The van der Waals surface area contributed by atoms with Gasteiger partial charge in [0.25, 0.3) is 0 Å². The lowest BCUT2D eigenvalue weighted by molar-refractivity contribution is -0.127. The third-order valence-corrected chi connectivity index (χ3v) is 1.34. The van der Waals surface area contributed by atoms with Gasteiger partial charge in [0.2, 0.25) is 0 Å². The monoisotopic (exact) mass is 232 g/mol. The molecule has 0 N–H and O–H groups in total.